The van der Waals surface area contributed by atoms with Gasteiger partial charge in [-0.25, -0.2) is 5.43 Å². The van der Waals surface area contributed by atoms with E-state index in [9.17, 15) is 4.79 Å². The second-order valence-corrected chi connectivity index (χ2v) is 11.5. The normalized spacial score (nSPS) is 11.2. The predicted octanol–water partition coefficient (Wildman–Crippen LogP) is 9.65. The monoisotopic (exact) mass is 610 g/mol. The minimum Gasteiger partial charge on any atom is -0.318 e. The molecule has 0 saturated heterocycles. The zero-order valence-electron chi connectivity index (χ0n) is 26.3. The molecule has 5 aromatic carbocycles. The fourth-order valence-corrected chi connectivity index (χ4v) is 6.12. The van der Waals surface area contributed by atoms with Crippen LogP contribution in [0.3, 0.4) is 0 Å². The van der Waals surface area contributed by atoms with Crippen molar-refractivity contribution < 1.29 is 4.79 Å². The summed E-state index contributed by atoms with van der Waals surface area (Å²) in [6, 6.07) is 53.6. The molecule has 0 aliphatic carbocycles. The standard InChI is InChI=1S/C42H34N4O/c1-30-28-37(31(2)45(30)38-22-18-33(19-23-38)32-12-6-3-7-13-32)29-43-44-42(47)36-20-24-39(25-21-36)46-40(34-14-8-4-9-15-34)26-27-41(46)35-16-10-5-11-17-35/h3-29H,1-2H3,(H,44,47)/b43-29-. The molecule has 5 heteroatoms. The van der Waals surface area contributed by atoms with Gasteiger partial charge in [0.15, 0.2) is 0 Å². The number of aryl methyl sites for hydroxylation is 1. The van der Waals surface area contributed by atoms with Crippen LogP contribution in [0, 0.1) is 13.8 Å². The van der Waals surface area contributed by atoms with Gasteiger partial charge in [0.1, 0.15) is 0 Å². The first-order valence-corrected chi connectivity index (χ1v) is 15.7. The molecule has 0 fully saturated rings. The molecule has 2 aromatic heterocycles. The van der Waals surface area contributed by atoms with E-state index in [0.717, 1.165) is 50.8 Å². The smallest absolute Gasteiger partial charge is 0.271 e. The molecular weight excluding hydrogens is 576 g/mol. The fraction of sp³-hybridized carbons (Fsp3) is 0.0476. The summed E-state index contributed by atoms with van der Waals surface area (Å²) in [7, 11) is 0. The van der Waals surface area contributed by atoms with E-state index >= 15 is 0 Å². The van der Waals surface area contributed by atoms with Crippen LogP contribution in [-0.2, 0) is 0 Å². The van der Waals surface area contributed by atoms with Crippen molar-refractivity contribution in [1.29, 1.82) is 0 Å². The van der Waals surface area contributed by atoms with Crippen molar-refractivity contribution >= 4 is 12.1 Å². The summed E-state index contributed by atoms with van der Waals surface area (Å²) in [5, 5.41) is 4.32. The van der Waals surface area contributed by atoms with Crippen LogP contribution in [-0.4, -0.2) is 21.3 Å². The molecule has 0 spiro atoms. The van der Waals surface area contributed by atoms with Crippen LogP contribution in [0.2, 0.25) is 0 Å². The molecule has 0 radical (unpaired) electrons. The van der Waals surface area contributed by atoms with E-state index in [2.05, 4.69) is 125 Å². The van der Waals surface area contributed by atoms with Crippen LogP contribution in [0.1, 0.15) is 27.3 Å². The highest BCUT2D eigenvalue weighted by Gasteiger charge is 2.15. The highest BCUT2D eigenvalue weighted by atomic mass is 16.2. The summed E-state index contributed by atoms with van der Waals surface area (Å²) in [4.78, 5) is 13.1. The van der Waals surface area contributed by atoms with E-state index in [0.29, 0.717) is 5.56 Å². The van der Waals surface area contributed by atoms with Crippen molar-refractivity contribution in [2.24, 2.45) is 5.10 Å². The molecule has 228 valence electrons. The van der Waals surface area contributed by atoms with Crippen molar-refractivity contribution in [2.45, 2.75) is 13.8 Å². The average Bonchev–Trinajstić information content (AvgIpc) is 3.70. The molecule has 1 N–H and O–H groups in total. The van der Waals surface area contributed by atoms with E-state index in [1.54, 1.807) is 6.21 Å². The van der Waals surface area contributed by atoms with E-state index in [-0.39, 0.29) is 5.91 Å². The van der Waals surface area contributed by atoms with Crippen LogP contribution >= 0.6 is 0 Å². The summed E-state index contributed by atoms with van der Waals surface area (Å²) in [6.45, 7) is 4.14. The lowest BCUT2D eigenvalue weighted by atomic mass is 10.1. The molecule has 0 bridgehead atoms. The number of hydrogen-bond donors (Lipinski definition) is 1. The van der Waals surface area contributed by atoms with Crippen LogP contribution in [0.15, 0.2) is 163 Å². The number of rotatable bonds is 8. The number of hydrogen-bond acceptors (Lipinski definition) is 2. The van der Waals surface area contributed by atoms with Crippen LogP contribution in [0.25, 0.3) is 45.0 Å². The third-order valence-electron chi connectivity index (χ3n) is 8.48. The number of nitrogens with zero attached hydrogens (tertiary/aromatic N) is 3. The Morgan fingerprint density at radius 2 is 1.02 bits per heavy atom. The van der Waals surface area contributed by atoms with E-state index in [1.165, 1.54) is 11.1 Å². The molecule has 47 heavy (non-hydrogen) atoms. The Morgan fingerprint density at radius 3 is 1.57 bits per heavy atom. The molecule has 0 atom stereocenters. The summed E-state index contributed by atoms with van der Waals surface area (Å²) >= 11 is 0. The van der Waals surface area contributed by atoms with Crippen molar-refractivity contribution in [3.63, 3.8) is 0 Å². The largest absolute Gasteiger partial charge is 0.318 e. The molecule has 0 saturated carbocycles. The maximum absolute atomic E-state index is 13.1. The molecule has 0 aliphatic heterocycles. The highest BCUT2D eigenvalue weighted by molar-refractivity contribution is 5.95. The van der Waals surface area contributed by atoms with Gasteiger partial charge in [0.2, 0.25) is 0 Å². The van der Waals surface area contributed by atoms with Gasteiger partial charge in [-0.15, -0.1) is 0 Å². The third-order valence-corrected chi connectivity index (χ3v) is 8.48. The Morgan fingerprint density at radius 1 is 0.553 bits per heavy atom. The van der Waals surface area contributed by atoms with Crippen molar-refractivity contribution in [1.82, 2.24) is 14.6 Å². The lowest BCUT2D eigenvalue weighted by Crippen LogP contribution is -2.17. The Kier molecular flexibility index (Phi) is 8.18. The molecular formula is C42H34N4O. The SMILES string of the molecule is Cc1cc(/C=N\NC(=O)c2ccc(-n3c(-c4ccccc4)ccc3-c3ccccc3)cc2)c(C)n1-c1ccc(-c2ccccc2)cc1. The predicted molar refractivity (Wildman–Crippen MR) is 192 cm³/mol. The van der Waals surface area contributed by atoms with Crippen molar-refractivity contribution in [3.05, 3.63) is 180 Å². The Bertz CT molecular complexity index is 2100. The Labute approximate surface area is 275 Å². The minimum atomic E-state index is -0.266. The van der Waals surface area contributed by atoms with Gasteiger partial charge < -0.3 is 9.13 Å². The lowest BCUT2D eigenvalue weighted by Gasteiger charge is -2.15. The topological polar surface area (TPSA) is 51.3 Å². The molecule has 0 aliphatic rings. The van der Waals surface area contributed by atoms with Gasteiger partial charge in [-0.1, -0.05) is 103 Å². The maximum atomic E-state index is 13.1. The molecule has 2 heterocycles. The number of aromatic nitrogens is 2. The van der Waals surface area contributed by atoms with Gasteiger partial charge in [-0.2, -0.15) is 5.10 Å². The second kappa shape index (κ2) is 13.0. The van der Waals surface area contributed by atoms with Crippen LogP contribution in [0.5, 0.6) is 0 Å². The van der Waals surface area contributed by atoms with Gasteiger partial charge in [-0.05, 0) is 90.7 Å². The molecule has 7 rings (SSSR count). The number of nitrogens with one attached hydrogen (secondary N) is 1. The second-order valence-electron chi connectivity index (χ2n) is 11.5. The summed E-state index contributed by atoms with van der Waals surface area (Å²) in [5.41, 5.74) is 15.1. The Balaban J connectivity index is 1.08. The first-order valence-electron chi connectivity index (χ1n) is 15.7. The fourth-order valence-electron chi connectivity index (χ4n) is 6.12. The quantitative estimate of drug-likeness (QED) is 0.135. The first-order chi connectivity index (χ1) is 23.1. The number of carbonyl (C=O) groups excluding carboxylic acids is 1. The van der Waals surface area contributed by atoms with E-state index < -0.39 is 0 Å². The van der Waals surface area contributed by atoms with Gasteiger partial charge >= 0.3 is 0 Å². The van der Waals surface area contributed by atoms with E-state index in [1.807, 2.05) is 66.7 Å². The van der Waals surface area contributed by atoms with Crippen LogP contribution < -0.4 is 5.43 Å². The zero-order chi connectivity index (χ0) is 32.2. The number of carbonyl (C=O) groups is 1. The third kappa shape index (κ3) is 6.07. The maximum Gasteiger partial charge on any atom is 0.271 e. The average molecular weight is 611 g/mol. The summed E-state index contributed by atoms with van der Waals surface area (Å²) in [6.07, 6.45) is 1.71. The molecule has 1 amide bonds. The van der Waals surface area contributed by atoms with Crippen molar-refractivity contribution in [3.8, 4) is 45.0 Å². The molecule has 5 nitrogen and oxygen atoms in total. The molecule has 0 unspecified atom stereocenters. The highest BCUT2D eigenvalue weighted by Crippen LogP contribution is 2.32. The lowest BCUT2D eigenvalue weighted by molar-refractivity contribution is 0.0955. The summed E-state index contributed by atoms with van der Waals surface area (Å²) in [5.74, 6) is -0.266. The molecule has 7 aromatic rings. The number of amides is 1. The van der Waals surface area contributed by atoms with Gasteiger partial charge in [0.25, 0.3) is 5.91 Å². The Hall–Kier alpha value is -6.20. The van der Waals surface area contributed by atoms with Gasteiger partial charge in [0, 0.05) is 33.9 Å². The van der Waals surface area contributed by atoms with Crippen LogP contribution in [0.4, 0.5) is 0 Å². The van der Waals surface area contributed by atoms with Crippen molar-refractivity contribution in [2.75, 3.05) is 0 Å². The number of benzene rings is 5. The van der Waals surface area contributed by atoms with Gasteiger partial charge in [-0.3, -0.25) is 4.79 Å². The number of hydrazone groups is 1. The zero-order valence-corrected chi connectivity index (χ0v) is 26.3. The first kappa shape index (κ1) is 29.5. The summed E-state index contributed by atoms with van der Waals surface area (Å²) < 4.78 is 4.43. The van der Waals surface area contributed by atoms with Gasteiger partial charge in [0.05, 0.1) is 17.6 Å². The van der Waals surface area contributed by atoms with E-state index in [4.69, 9.17) is 0 Å². The minimum absolute atomic E-state index is 0.266.